The fourth-order valence-electron chi connectivity index (χ4n) is 1.31. The molecule has 1 aromatic carbocycles. The van der Waals surface area contributed by atoms with Crippen molar-refractivity contribution in [2.45, 2.75) is 26.4 Å². The van der Waals surface area contributed by atoms with Gasteiger partial charge in [-0.2, -0.15) is 4.90 Å². The van der Waals surface area contributed by atoms with Crippen molar-refractivity contribution in [3.05, 3.63) is 35.9 Å². The van der Waals surface area contributed by atoms with E-state index >= 15 is 0 Å². The van der Waals surface area contributed by atoms with E-state index in [0.717, 1.165) is 0 Å². The molecule has 1 rings (SSSR count). The molecule has 0 heterocycles. The van der Waals surface area contributed by atoms with E-state index in [-0.39, 0.29) is 5.56 Å². The SMILES string of the molecule is CC(C)(C)OC(=O)N(C(=N)N)C(=O)c1ccccc1. The molecule has 102 valence electrons. The van der Waals surface area contributed by atoms with Gasteiger partial charge in [-0.1, -0.05) is 18.2 Å². The molecule has 6 nitrogen and oxygen atoms in total. The first-order valence-electron chi connectivity index (χ1n) is 5.69. The van der Waals surface area contributed by atoms with E-state index in [9.17, 15) is 9.59 Å². The van der Waals surface area contributed by atoms with Gasteiger partial charge in [0.15, 0.2) is 0 Å². The number of hydrogen-bond acceptors (Lipinski definition) is 4. The van der Waals surface area contributed by atoms with Crippen LogP contribution in [0.15, 0.2) is 30.3 Å². The molecular weight excluding hydrogens is 246 g/mol. The zero-order valence-electron chi connectivity index (χ0n) is 11.1. The third kappa shape index (κ3) is 4.09. The number of nitrogens with one attached hydrogen (secondary N) is 1. The summed E-state index contributed by atoms with van der Waals surface area (Å²) in [5, 5.41) is 7.35. The van der Waals surface area contributed by atoms with Gasteiger partial charge in [0, 0.05) is 5.56 Å². The Morgan fingerprint density at radius 2 is 1.74 bits per heavy atom. The molecular formula is C13H17N3O3. The lowest BCUT2D eigenvalue weighted by Gasteiger charge is -2.24. The summed E-state index contributed by atoms with van der Waals surface area (Å²) >= 11 is 0. The van der Waals surface area contributed by atoms with E-state index in [1.54, 1.807) is 39.0 Å². The van der Waals surface area contributed by atoms with Gasteiger partial charge >= 0.3 is 6.09 Å². The van der Waals surface area contributed by atoms with Gasteiger partial charge in [0.2, 0.25) is 5.96 Å². The van der Waals surface area contributed by atoms with Crippen LogP contribution in [0.25, 0.3) is 0 Å². The molecule has 0 bridgehead atoms. The van der Waals surface area contributed by atoms with Crippen LogP contribution in [0, 0.1) is 5.41 Å². The minimum absolute atomic E-state index is 0.253. The Labute approximate surface area is 111 Å². The minimum atomic E-state index is -0.964. The summed E-state index contributed by atoms with van der Waals surface area (Å²) in [7, 11) is 0. The third-order valence-electron chi connectivity index (χ3n) is 2.04. The predicted octanol–water partition coefficient (Wildman–Crippen LogP) is 1.96. The summed E-state index contributed by atoms with van der Waals surface area (Å²) in [6, 6.07) is 8.11. The average molecular weight is 263 g/mol. The molecule has 2 amide bonds. The van der Waals surface area contributed by atoms with E-state index in [4.69, 9.17) is 15.9 Å². The Morgan fingerprint density at radius 3 is 2.16 bits per heavy atom. The Balaban J connectivity index is 2.99. The quantitative estimate of drug-likeness (QED) is 0.598. The van der Waals surface area contributed by atoms with Crippen molar-refractivity contribution in [2.75, 3.05) is 0 Å². The van der Waals surface area contributed by atoms with Crippen molar-refractivity contribution in [1.82, 2.24) is 4.90 Å². The van der Waals surface area contributed by atoms with Crippen LogP contribution in [0.2, 0.25) is 0 Å². The minimum Gasteiger partial charge on any atom is -0.443 e. The van der Waals surface area contributed by atoms with Crippen LogP contribution < -0.4 is 5.73 Å². The molecule has 6 heteroatoms. The van der Waals surface area contributed by atoms with Crippen molar-refractivity contribution >= 4 is 18.0 Å². The van der Waals surface area contributed by atoms with E-state index in [1.165, 1.54) is 12.1 Å². The molecule has 0 atom stereocenters. The number of ether oxygens (including phenoxy) is 1. The number of rotatable bonds is 1. The Kier molecular flexibility index (Phi) is 4.26. The number of carbonyl (C=O) groups excluding carboxylic acids is 2. The summed E-state index contributed by atoms with van der Waals surface area (Å²) in [5.41, 5.74) is 4.76. The first kappa shape index (κ1) is 14.7. The molecule has 19 heavy (non-hydrogen) atoms. The second-order valence-corrected chi connectivity index (χ2v) is 4.87. The second-order valence-electron chi connectivity index (χ2n) is 4.87. The number of carbonyl (C=O) groups is 2. The van der Waals surface area contributed by atoms with E-state index in [2.05, 4.69) is 0 Å². The van der Waals surface area contributed by atoms with E-state index in [1.807, 2.05) is 0 Å². The van der Waals surface area contributed by atoms with Crippen LogP contribution in [-0.4, -0.2) is 28.5 Å². The predicted molar refractivity (Wildman–Crippen MR) is 70.8 cm³/mol. The van der Waals surface area contributed by atoms with Gasteiger partial charge in [0.05, 0.1) is 0 Å². The molecule has 3 N–H and O–H groups in total. The van der Waals surface area contributed by atoms with Crippen molar-refractivity contribution in [3.63, 3.8) is 0 Å². The maximum atomic E-state index is 12.1. The van der Waals surface area contributed by atoms with Crippen LogP contribution in [0.4, 0.5) is 4.79 Å². The molecule has 0 unspecified atom stereocenters. The Bertz CT molecular complexity index is 492. The smallest absolute Gasteiger partial charge is 0.424 e. The second kappa shape index (κ2) is 5.51. The van der Waals surface area contributed by atoms with Gasteiger partial charge in [-0.3, -0.25) is 10.2 Å². The third-order valence-corrected chi connectivity index (χ3v) is 2.04. The van der Waals surface area contributed by atoms with Crippen LogP contribution in [0.5, 0.6) is 0 Å². The summed E-state index contributed by atoms with van der Waals surface area (Å²) in [4.78, 5) is 24.5. The molecule has 0 spiro atoms. The zero-order valence-corrected chi connectivity index (χ0v) is 11.1. The maximum Gasteiger partial charge on any atom is 0.424 e. The van der Waals surface area contributed by atoms with Crippen molar-refractivity contribution < 1.29 is 14.3 Å². The van der Waals surface area contributed by atoms with E-state index in [0.29, 0.717) is 4.90 Å². The zero-order chi connectivity index (χ0) is 14.6. The molecule has 0 aliphatic heterocycles. The largest absolute Gasteiger partial charge is 0.443 e. The maximum absolute atomic E-state index is 12.1. The van der Waals surface area contributed by atoms with Gasteiger partial charge < -0.3 is 10.5 Å². The number of imide groups is 1. The van der Waals surface area contributed by atoms with Crippen molar-refractivity contribution in [2.24, 2.45) is 5.73 Å². The normalized spacial score (nSPS) is 10.7. The molecule has 0 saturated carbocycles. The summed E-state index contributed by atoms with van der Waals surface area (Å²) in [5.74, 6) is -1.37. The fourth-order valence-corrected chi connectivity index (χ4v) is 1.31. The van der Waals surface area contributed by atoms with Gasteiger partial charge in [-0.05, 0) is 32.9 Å². The molecule has 0 aromatic heterocycles. The topological polar surface area (TPSA) is 96.5 Å². The van der Waals surface area contributed by atoms with Crippen LogP contribution >= 0.6 is 0 Å². The van der Waals surface area contributed by atoms with Crippen molar-refractivity contribution in [3.8, 4) is 0 Å². The molecule has 0 aliphatic rings. The standard InChI is InChI=1S/C13H17N3O3/c1-13(2,3)19-12(18)16(11(14)15)10(17)9-7-5-4-6-8-9/h4-8H,1-3H3,(H3,14,15). The number of amides is 2. The van der Waals surface area contributed by atoms with Gasteiger partial charge in [0.1, 0.15) is 5.60 Å². The number of guanidine groups is 1. The average Bonchev–Trinajstić information content (AvgIpc) is 2.27. The van der Waals surface area contributed by atoms with Crippen LogP contribution in [0.3, 0.4) is 0 Å². The molecule has 1 aromatic rings. The summed E-state index contributed by atoms with van der Waals surface area (Å²) in [6.45, 7) is 4.99. The summed E-state index contributed by atoms with van der Waals surface area (Å²) < 4.78 is 5.05. The number of nitrogens with two attached hydrogens (primary N) is 1. The van der Waals surface area contributed by atoms with Crippen LogP contribution in [-0.2, 0) is 4.74 Å². The number of nitrogens with zero attached hydrogens (tertiary/aromatic N) is 1. The highest BCUT2D eigenvalue weighted by atomic mass is 16.6. The number of benzene rings is 1. The lowest BCUT2D eigenvalue weighted by Crippen LogP contribution is -2.47. The van der Waals surface area contributed by atoms with Crippen LogP contribution in [0.1, 0.15) is 31.1 Å². The van der Waals surface area contributed by atoms with Gasteiger partial charge in [-0.15, -0.1) is 0 Å². The lowest BCUT2D eigenvalue weighted by molar-refractivity contribution is 0.0348. The Hall–Kier alpha value is -2.37. The molecule has 0 fully saturated rings. The highest BCUT2D eigenvalue weighted by Crippen LogP contribution is 2.12. The molecule has 0 radical (unpaired) electrons. The number of hydrogen-bond donors (Lipinski definition) is 2. The highest BCUT2D eigenvalue weighted by molar-refractivity contribution is 6.14. The van der Waals surface area contributed by atoms with Gasteiger partial charge in [-0.25, -0.2) is 4.79 Å². The monoisotopic (exact) mass is 263 g/mol. The molecule has 0 saturated heterocycles. The Morgan fingerprint density at radius 1 is 1.21 bits per heavy atom. The van der Waals surface area contributed by atoms with Gasteiger partial charge in [0.25, 0.3) is 5.91 Å². The fraction of sp³-hybridized carbons (Fsp3) is 0.308. The van der Waals surface area contributed by atoms with E-state index < -0.39 is 23.6 Å². The highest BCUT2D eigenvalue weighted by Gasteiger charge is 2.30. The van der Waals surface area contributed by atoms with Crippen molar-refractivity contribution in [1.29, 1.82) is 5.41 Å². The lowest BCUT2D eigenvalue weighted by atomic mass is 10.2. The summed E-state index contributed by atoms with van der Waals surface area (Å²) in [6.07, 6.45) is -0.964. The first-order chi connectivity index (χ1) is 8.72. The molecule has 0 aliphatic carbocycles. The first-order valence-corrected chi connectivity index (χ1v) is 5.69.